The van der Waals surface area contributed by atoms with E-state index in [-0.39, 0.29) is 18.4 Å². The van der Waals surface area contributed by atoms with Crippen LogP contribution in [0.5, 0.6) is 0 Å². The molecule has 0 bridgehead atoms. The minimum atomic E-state index is -0.493. The van der Waals surface area contributed by atoms with Crippen molar-refractivity contribution in [3.63, 3.8) is 0 Å². The number of nitrogens with zero attached hydrogens (tertiary/aromatic N) is 2. The topological polar surface area (TPSA) is 69.6 Å². The second-order valence-electron chi connectivity index (χ2n) is 6.70. The van der Waals surface area contributed by atoms with Gasteiger partial charge in [-0.25, -0.2) is 0 Å². The van der Waals surface area contributed by atoms with Crippen molar-refractivity contribution >= 4 is 22.7 Å². The van der Waals surface area contributed by atoms with Gasteiger partial charge in [0.25, 0.3) is 0 Å². The van der Waals surface area contributed by atoms with Crippen LogP contribution in [0.3, 0.4) is 0 Å². The second-order valence-corrected chi connectivity index (χ2v) is 6.70. The van der Waals surface area contributed by atoms with E-state index in [1.165, 1.54) is 4.90 Å². The van der Waals surface area contributed by atoms with E-state index < -0.39 is 12.1 Å². The van der Waals surface area contributed by atoms with Crippen LogP contribution in [0.1, 0.15) is 23.1 Å². The van der Waals surface area contributed by atoms with Crippen LogP contribution in [-0.2, 0) is 16.0 Å². The number of rotatable bonds is 1. The highest BCUT2D eigenvalue weighted by Gasteiger charge is 2.48. The van der Waals surface area contributed by atoms with Crippen molar-refractivity contribution < 1.29 is 14.0 Å². The number of amides is 2. The largest absolute Gasteiger partial charge is 0.467 e. The van der Waals surface area contributed by atoms with Crippen molar-refractivity contribution in [1.29, 1.82) is 0 Å². The number of likely N-dealkylation sites (N-methyl/N-ethyl adjacent to an activating group) is 1. The number of furan rings is 1. The molecule has 126 valence electrons. The van der Waals surface area contributed by atoms with Gasteiger partial charge in [-0.05, 0) is 23.8 Å². The Kier molecular flexibility index (Phi) is 2.86. The Morgan fingerprint density at radius 3 is 2.80 bits per heavy atom. The highest BCUT2D eigenvalue weighted by Crippen LogP contribution is 2.42. The van der Waals surface area contributed by atoms with E-state index in [1.807, 2.05) is 30.3 Å². The predicted octanol–water partition coefficient (Wildman–Crippen LogP) is 2.08. The molecule has 1 aromatic carbocycles. The van der Waals surface area contributed by atoms with Crippen LogP contribution in [0, 0.1) is 0 Å². The van der Waals surface area contributed by atoms with Gasteiger partial charge in [-0.3, -0.25) is 9.59 Å². The van der Waals surface area contributed by atoms with Crippen LogP contribution in [0.4, 0.5) is 0 Å². The molecule has 1 N–H and O–H groups in total. The monoisotopic (exact) mass is 335 g/mol. The molecule has 1 saturated heterocycles. The van der Waals surface area contributed by atoms with Crippen molar-refractivity contribution in [3.8, 4) is 0 Å². The fraction of sp³-hybridized carbons (Fsp3) is 0.263. The number of aromatic amines is 1. The standard InChI is InChI=1S/C19H17N3O3/c1-21-10-16(23)22-14(19(21)24)9-12-11-5-2-3-6-13(11)20-17(12)18(22)15-7-4-8-25-15/h2-8,14,18,20H,9-10H2,1H3/t14-,18+/m1/s1. The number of piperazine rings is 1. The third kappa shape index (κ3) is 1.91. The summed E-state index contributed by atoms with van der Waals surface area (Å²) in [6.45, 7) is 0.0993. The maximum atomic E-state index is 12.8. The van der Waals surface area contributed by atoms with Gasteiger partial charge >= 0.3 is 0 Å². The number of para-hydroxylation sites is 1. The number of H-pyrrole nitrogens is 1. The number of hydrogen-bond acceptors (Lipinski definition) is 3. The Balaban J connectivity index is 1.77. The summed E-state index contributed by atoms with van der Waals surface area (Å²) in [7, 11) is 1.68. The number of aromatic nitrogens is 1. The summed E-state index contributed by atoms with van der Waals surface area (Å²) >= 11 is 0. The van der Waals surface area contributed by atoms with Crippen LogP contribution < -0.4 is 0 Å². The van der Waals surface area contributed by atoms with Gasteiger partial charge in [-0.15, -0.1) is 0 Å². The van der Waals surface area contributed by atoms with Crippen LogP contribution in [-0.4, -0.2) is 46.2 Å². The van der Waals surface area contributed by atoms with E-state index in [2.05, 4.69) is 11.1 Å². The molecule has 0 aliphatic carbocycles. The second kappa shape index (κ2) is 4.99. The maximum Gasteiger partial charge on any atom is 0.245 e. The van der Waals surface area contributed by atoms with Crippen molar-refractivity contribution in [2.75, 3.05) is 13.6 Å². The lowest BCUT2D eigenvalue weighted by atomic mass is 9.88. The lowest BCUT2D eigenvalue weighted by Crippen LogP contribution is -2.62. The van der Waals surface area contributed by atoms with E-state index >= 15 is 0 Å². The number of carbonyl (C=O) groups is 2. The van der Waals surface area contributed by atoms with Gasteiger partial charge in [0.15, 0.2) is 0 Å². The van der Waals surface area contributed by atoms with Gasteiger partial charge in [0.05, 0.1) is 18.5 Å². The van der Waals surface area contributed by atoms with Gasteiger partial charge in [0.2, 0.25) is 11.8 Å². The lowest BCUT2D eigenvalue weighted by Gasteiger charge is -2.45. The molecule has 0 spiro atoms. The number of nitrogens with one attached hydrogen (secondary N) is 1. The van der Waals surface area contributed by atoms with Crippen LogP contribution >= 0.6 is 0 Å². The van der Waals surface area contributed by atoms with E-state index in [0.717, 1.165) is 22.2 Å². The highest BCUT2D eigenvalue weighted by atomic mass is 16.3. The van der Waals surface area contributed by atoms with Gasteiger partial charge in [-0.2, -0.15) is 0 Å². The zero-order valence-corrected chi connectivity index (χ0v) is 13.7. The van der Waals surface area contributed by atoms with Gasteiger partial charge in [0.1, 0.15) is 17.8 Å². The molecule has 6 nitrogen and oxygen atoms in total. The molecule has 6 heteroatoms. The first-order valence-electron chi connectivity index (χ1n) is 8.34. The smallest absolute Gasteiger partial charge is 0.245 e. The lowest BCUT2D eigenvalue weighted by molar-refractivity contribution is -0.157. The van der Waals surface area contributed by atoms with Crippen molar-refractivity contribution in [1.82, 2.24) is 14.8 Å². The zero-order valence-electron chi connectivity index (χ0n) is 13.7. The molecular weight excluding hydrogens is 318 g/mol. The number of fused-ring (bicyclic) bond motifs is 4. The third-order valence-electron chi connectivity index (χ3n) is 5.27. The average Bonchev–Trinajstić information content (AvgIpc) is 3.25. The van der Waals surface area contributed by atoms with Crippen molar-refractivity contribution in [2.45, 2.75) is 18.5 Å². The molecule has 0 radical (unpaired) electrons. The van der Waals surface area contributed by atoms with Crippen LogP contribution in [0.25, 0.3) is 10.9 Å². The first-order valence-corrected chi connectivity index (χ1v) is 8.34. The number of carbonyl (C=O) groups excluding carboxylic acids is 2. The highest BCUT2D eigenvalue weighted by molar-refractivity contribution is 5.97. The SMILES string of the molecule is CN1CC(=O)N2[C@@H](c3ccco3)c3[nH]c4ccccc4c3C[C@@H]2C1=O. The molecular formula is C19H17N3O3. The van der Waals surface area contributed by atoms with Gasteiger partial charge < -0.3 is 19.2 Å². The molecule has 3 aromatic rings. The summed E-state index contributed by atoms with van der Waals surface area (Å²) in [5, 5.41) is 1.10. The maximum absolute atomic E-state index is 12.8. The molecule has 2 atom stereocenters. The fourth-order valence-electron chi connectivity index (χ4n) is 4.15. The van der Waals surface area contributed by atoms with E-state index in [0.29, 0.717) is 12.2 Å². The summed E-state index contributed by atoms with van der Waals surface area (Å²) in [6.07, 6.45) is 2.12. The summed E-state index contributed by atoms with van der Waals surface area (Å²) in [5.41, 5.74) is 3.05. The minimum absolute atomic E-state index is 0.0212. The predicted molar refractivity (Wildman–Crippen MR) is 90.8 cm³/mol. The average molecular weight is 335 g/mol. The Morgan fingerprint density at radius 1 is 1.16 bits per heavy atom. The molecule has 1 fully saturated rings. The van der Waals surface area contributed by atoms with E-state index in [4.69, 9.17) is 4.42 Å². The molecule has 2 aromatic heterocycles. The fourth-order valence-corrected chi connectivity index (χ4v) is 4.15. The first-order chi connectivity index (χ1) is 12.1. The Morgan fingerprint density at radius 2 is 2.00 bits per heavy atom. The molecule has 2 aliphatic heterocycles. The quantitative estimate of drug-likeness (QED) is 0.740. The summed E-state index contributed by atoms with van der Waals surface area (Å²) in [6, 6.07) is 10.8. The van der Waals surface area contributed by atoms with Crippen molar-refractivity contribution in [2.24, 2.45) is 0 Å². The van der Waals surface area contributed by atoms with Gasteiger partial charge in [0, 0.05) is 24.4 Å². The normalized spacial score (nSPS) is 23.1. The number of benzene rings is 1. The molecule has 5 rings (SSSR count). The molecule has 0 unspecified atom stereocenters. The number of hydrogen-bond donors (Lipinski definition) is 1. The molecule has 2 amide bonds. The van der Waals surface area contributed by atoms with Gasteiger partial charge in [-0.1, -0.05) is 18.2 Å². The first kappa shape index (κ1) is 14.3. The third-order valence-corrected chi connectivity index (χ3v) is 5.27. The molecule has 25 heavy (non-hydrogen) atoms. The molecule has 2 aliphatic rings. The summed E-state index contributed by atoms with van der Waals surface area (Å²) in [5.74, 6) is 0.591. The minimum Gasteiger partial charge on any atom is -0.467 e. The zero-order chi connectivity index (χ0) is 17.1. The summed E-state index contributed by atoms with van der Waals surface area (Å²) < 4.78 is 5.65. The van der Waals surface area contributed by atoms with Crippen LogP contribution in [0.15, 0.2) is 47.1 Å². The van der Waals surface area contributed by atoms with Crippen LogP contribution in [0.2, 0.25) is 0 Å². The van der Waals surface area contributed by atoms with E-state index in [1.54, 1.807) is 18.2 Å². The Labute approximate surface area is 144 Å². The van der Waals surface area contributed by atoms with Crippen molar-refractivity contribution in [3.05, 3.63) is 59.7 Å². The summed E-state index contributed by atoms with van der Waals surface area (Å²) in [4.78, 5) is 32.2. The Hall–Kier alpha value is -3.02. The molecule has 0 saturated carbocycles. The Bertz CT molecular complexity index is 989. The molecule has 4 heterocycles. The van der Waals surface area contributed by atoms with E-state index in [9.17, 15) is 9.59 Å².